The average Bonchev–Trinajstić information content (AvgIpc) is 3.05. The van der Waals surface area contributed by atoms with E-state index in [1.165, 1.54) is 0 Å². The molecule has 0 radical (unpaired) electrons. The van der Waals surface area contributed by atoms with Gasteiger partial charge in [-0.25, -0.2) is 4.98 Å². The molecule has 0 spiro atoms. The van der Waals surface area contributed by atoms with Crippen molar-refractivity contribution in [1.82, 2.24) is 10.3 Å². The Morgan fingerprint density at radius 1 is 1.40 bits per heavy atom. The molecule has 2 heterocycles. The SMILES string of the molecule is Cl.Cl.NC1(C(=O)NC2CCN(c3ncc(C(F)(F)F)cc3Cl)C2)CC1. The number of hydrogen-bond acceptors (Lipinski definition) is 4. The standard InChI is InChI=1S/C14H16ClF3N4O.2ClH/c15-10-5-8(14(16,17)18)6-20-11(10)22-4-1-9(7-22)21-12(23)13(19)2-3-13;;/h5-6,9H,1-4,7,19H2,(H,21,23);2*1H. The Morgan fingerprint density at radius 2 is 2.04 bits per heavy atom. The lowest BCUT2D eigenvalue weighted by Gasteiger charge is -2.20. The van der Waals surface area contributed by atoms with Crippen molar-refractivity contribution >= 4 is 48.1 Å². The van der Waals surface area contributed by atoms with Crippen molar-refractivity contribution in [2.75, 3.05) is 18.0 Å². The van der Waals surface area contributed by atoms with Crippen LogP contribution in [-0.2, 0) is 11.0 Å². The summed E-state index contributed by atoms with van der Waals surface area (Å²) in [7, 11) is 0. The number of carbonyl (C=O) groups is 1. The Balaban J connectivity index is 0.00000156. The summed E-state index contributed by atoms with van der Waals surface area (Å²) in [6.07, 6.45) is -1.67. The predicted octanol–water partition coefficient (Wildman–Crippen LogP) is 2.78. The predicted molar refractivity (Wildman–Crippen MR) is 93.7 cm³/mol. The number of anilines is 1. The third-order valence-electron chi connectivity index (χ3n) is 4.21. The first-order valence-corrected chi connectivity index (χ1v) is 7.64. The quantitative estimate of drug-likeness (QED) is 0.787. The largest absolute Gasteiger partial charge is 0.417 e. The van der Waals surface area contributed by atoms with Crippen LogP contribution in [0.15, 0.2) is 12.3 Å². The average molecular weight is 422 g/mol. The first-order chi connectivity index (χ1) is 10.7. The molecule has 1 aromatic rings. The van der Waals surface area contributed by atoms with Crippen LogP contribution in [0.1, 0.15) is 24.8 Å². The van der Waals surface area contributed by atoms with E-state index < -0.39 is 17.3 Å². The van der Waals surface area contributed by atoms with E-state index in [1.807, 2.05) is 0 Å². The van der Waals surface area contributed by atoms with Crippen molar-refractivity contribution in [2.24, 2.45) is 5.73 Å². The zero-order valence-corrected chi connectivity index (χ0v) is 15.4. The number of pyridine rings is 1. The van der Waals surface area contributed by atoms with Crippen molar-refractivity contribution in [3.8, 4) is 0 Å². The van der Waals surface area contributed by atoms with Crippen LogP contribution in [0.4, 0.5) is 19.0 Å². The lowest BCUT2D eigenvalue weighted by molar-refractivity contribution is -0.137. The van der Waals surface area contributed by atoms with Gasteiger partial charge in [-0.15, -0.1) is 24.8 Å². The number of amides is 1. The van der Waals surface area contributed by atoms with Crippen molar-refractivity contribution in [3.05, 3.63) is 22.8 Å². The van der Waals surface area contributed by atoms with Gasteiger partial charge in [-0.1, -0.05) is 11.6 Å². The van der Waals surface area contributed by atoms with Gasteiger partial charge < -0.3 is 16.0 Å². The maximum absolute atomic E-state index is 12.6. The van der Waals surface area contributed by atoms with Crippen LogP contribution in [-0.4, -0.2) is 35.6 Å². The Labute approximate surface area is 160 Å². The molecule has 1 unspecified atom stereocenters. The molecule has 2 aliphatic rings. The summed E-state index contributed by atoms with van der Waals surface area (Å²) in [4.78, 5) is 17.5. The Morgan fingerprint density at radius 3 is 2.56 bits per heavy atom. The fourth-order valence-electron chi connectivity index (χ4n) is 2.58. The second kappa shape index (κ2) is 7.73. The zero-order valence-electron chi connectivity index (χ0n) is 13.0. The van der Waals surface area contributed by atoms with Gasteiger partial charge in [0.2, 0.25) is 5.91 Å². The second-order valence-corrected chi connectivity index (χ2v) is 6.50. The Kier molecular flexibility index (Phi) is 6.83. The maximum atomic E-state index is 12.6. The molecule has 0 bridgehead atoms. The molecule has 2 fully saturated rings. The molecule has 11 heteroatoms. The molecule has 1 saturated heterocycles. The van der Waals surface area contributed by atoms with Gasteiger partial charge in [0, 0.05) is 25.3 Å². The molecule has 5 nitrogen and oxygen atoms in total. The number of aromatic nitrogens is 1. The summed E-state index contributed by atoms with van der Waals surface area (Å²) >= 11 is 5.94. The number of halogens is 6. The molecule has 1 aliphatic carbocycles. The van der Waals surface area contributed by atoms with Gasteiger partial charge in [0.15, 0.2) is 0 Å². The van der Waals surface area contributed by atoms with E-state index in [2.05, 4.69) is 10.3 Å². The van der Waals surface area contributed by atoms with Crippen molar-refractivity contribution in [3.63, 3.8) is 0 Å². The molecule has 1 aliphatic heterocycles. The summed E-state index contributed by atoms with van der Waals surface area (Å²) in [6.45, 7) is 1.00. The van der Waals surface area contributed by atoms with E-state index in [1.54, 1.807) is 4.90 Å². The lowest BCUT2D eigenvalue weighted by atomic mass is 10.2. The maximum Gasteiger partial charge on any atom is 0.417 e. The summed E-state index contributed by atoms with van der Waals surface area (Å²) in [5, 5.41) is 2.83. The molecule has 142 valence electrons. The topological polar surface area (TPSA) is 71.2 Å². The smallest absolute Gasteiger partial charge is 0.353 e. The lowest BCUT2D eigenvalue weighted by Crippen LogP contribution is -2.48. The van der Waals surface area contributed by atoms with E-state index in [-0.39, 0.29) is 41.8 Å². The fourth-order valence-corrected chi connectivity index (χ4v) is 2.87. The first-order valence-electron chi connectivity index (χ1n) is 7.26. The number of nitrogens with two attached hydrogens (primary N) is 1. The van der Waals surface area contributed by atoms with E-state index in [4.69, 9.17) is 17.3 Å². The minimum absolute atomic E-state index is 0. The highest BCUT2D eigenvalue weighted by molar-refractivity contribution is 6.33. The Bertz CT molecular complexity index is 640. The van der Waals surface area contributed by atoms with Gasteiger partial charge in [0.05, 0.1) is 16.1 Å². The first kappa shape index (κ1) is 22.1. The van der Waals surface area contributed by atoms with Crippen molar-refractivity contribution in [2.45, 2.75) is 37.0 Å². The number of hydrogen-bond donors (Lipinski definition) is 2. The highest BCUT2D eigenvalue weighted by Gasteiger charge is 2.46. The van der Waals surface area contributed by atoms with Gasteiger partial charge in [0.25, 0.3) is 0 Å². The van der Waals surface area contributed by atoms with Crippen molar-refractivity contribution < 1.29 is 18.0 Å². The van der Waals surface area contributed by atoms with Gasteiger partial charge >= 0.3 is 6.18 Å². The van der Waals surface area contributed by atoms with E-state index in [0.29, 0.717) is 38.2 Å². The van der Waals surface area contributed by atoms with Crippen LogP contribution in [0.25, 0.3) is 0 Å². The number of alkyl halides is 3. The molecular formula is C14H18Cl3F3N4O. The third kappa shape index (κ3) is 4.81. The van der Waals surface area contributed by atoms with Crippen LogP contribution in [0.5, 0.6) is 0 Å². The second-order valence-electron chi connectivity index (χ2n) is 6.09. The minimum Gasteiger partial charge on any atom is -0.353 e. The van der Waals surface area contributed by atoms with Crippen molar-refractivity contribution in [1.29, 1.82) is 0 Å². The van der Waals surface area contributed by atoms with Crippen LogP contribution < -0.4 is 16.0 Å². The number of carbonyl (C=O) groups excluding carboxylic acids is 1. The highest BCUT2D eigenvalue weighted by Crippen LogP contribution is 2.35. The third-order valence-corrected chi connectivity index (χ3v) is 4.49. The summed E-state index contributed by atoms with van der Waals surface area (Å²) in [5.74, 6) is 0.126. The van der Waals surface area contributed by atoms with Gasteiger partial charge in [0.1, 0.15) is 5.82 Å². The summed E-state index contributed by atoms with van der Waals surface area (Å²) < 4.78 is 37.9. The molecule has 1 amide bonds. The van der Waals surface area contributed by atoms with E-state index in [0.717, 1.165) is 12.3 Å². The number of nitrogens with zero attached hydrogens (tertiary/aromatic N) is 2. The van der Waals surface area contributed by atoms with E-state index in [9.17, 15) is 18.0 Å². The van der Waals surface area contributed by atoms with Gasteiger partial charge in [-0.05, 0) is 25.3 Å². The summed E-state index contributed by atoms with van der Waals surface area (Å²) in [6, 6.07) is 0.762. The molecule has 25 heavy (non-hydrogen) atoms. The molecule has 1 aromatic heterocycles. The normalized spacial score (nSPS) is 21.2. The van der Waals surface area contributed by atoms with Crippen LogP contribution >= 0.6 is 36.4 Å². The molecule has 3 rings (SSSR count). The van der Waals surface area contributed by atoms with Gasteiger partial charge in [-0.2, -0.15) is 13.2 Å². The highest BCUT2D eigenvalue weighted by atomic mass is 35.5. The van der Waals surface area contributed by atoms with Crippen LogP contribution in [0, 0.1) is 0 Å². The minimum atomic E-state index is -4.48. The zero-order chi connectivity index (χ0) is 16.8. The Hall–Kier alpha value is -0.960. The number of rotatable bonds is 3. The summed E-state index contributed by atoms with van der Waals surface area (Å²) in [5.41, 5.74) is 4.21. The molecule has 1 saturated carbocycles. The van der Waals surface area contributed by atoms with Crippen LogP contribution in [0.3, 0.4) is 0 Å². The van der Waals surface area contributed by atoms with E-state index >= 15 is 0 Å². The number of nitrogens with one attached hydrogen (secondary N) is 1. The van der Waals surface area contributed by atoms with Gasteiger partial charge in [-0.3, -0.25) is 4.79 Å². The fraction of sp³-hybridized carbons (Fsp3) is 0.571. The molecule has 3 N–H and O–H groups in total. The molecular weight excluding hydrogens is 404 g/mol. The van der Waals surface area contributed by atoms with Crippen LogP contribution in [0.2, 0.25) is 5.02 Å². The molecule has 0 aromatic carbocycles. The monoisotopic (exact) mass is 420 g/mol. The molecule has 1 atom stereocenters.